The lowest BCUT2D eigenvalue weighted by atomic mass is 10.1. The van der Waals surface area contributed by atoms with Crippen LogP contribution in [0.5, 0.6) is 11.5 Å². The van der Waals surface area contributed by atoms with E-state index in [1.807, 2.05) is 0 Å². The first-order valence-electron chi connectivity index (χ1n) is 10.5. The maximum Gasteiger partial charge on any atom is 0.326 e. The number of thioether (sulfide) groups is 1. The lowest BCUT2D eigenvalue weighted by molar-refractivity contribution is -0.149. The second kappa shape index (κ2) is 11.4. The number of amides is 2. The molecule has 0 saturated carbocycles. The Morgan fingerprint density at radius 1 is 1.21 bits per heavy atom. The zero-order valence-corrected chi connectivity index (χ0v) is 20.4. The van der Waals surface area contributed by atoms with Crippen molar-refractivity contribution < 1.29 is 33.0 Å². The molecule has 1 saturated heterocycles. The number of imide groups is 1. The highest BCUT2D eigenvalue weighted by Crippen LogP contribution is 2.39. The smallest absolute Gasteiger partial charge is 0.326 e. The molecule has 10 heteroatoms. The Bertz CT molecular complexity index is 1140. The van der Waals surface area contributed by atoms with Crippen LogP contribution >= 0.6 is 23.4 Å². The quantitative estimate of drug-likeness (QED) is 0.330. The van der Waals surface area contributed by atoms with Crippen molar-refractivity contribution in [3.63, 3.8) is 0 Å². The Hall–Kier alpha value is -3.04. The normalized spacial score (nSPS) is 14.8. The number of carbonyl (C=O) groups is 3. The van der Waals surface area contributed by atoms with Crippen LogP contribution in [0.2, 0.25) is 5.02 Å². The van der Waals surface area contributed by atoms with Crippen LogP contribution in [0.25, 0.3) is 6.08 Å². The van der Waals surface area contributed by atoms with Gasteiger partial charge in [0.2, 0.25) is 0 Å². The molecule has 0 N–H and O–H groups in total. The zero-order chi connectivity index (χ0) is 24.8. The first-order chi connectivity index (χ1) is 16.2. The van der Waals surface area contributed by atoms with Gasteiger partial charge in [-0.05, 0) is 74.0 Å². The van der Waals surface area contributed by atoms with E-state index >= 15 is 0 Å². The molecule has 34 heavy (non-hydrogen) atoms. The molecule has 0 aromatic heterocycles. The molecule has 2 amide bonds. The van der Waals surface area contributed by atoms with Gasteiger partial charge in [0.15, 0.2) is 11.5 Å². The minimum absolute atomic E-state index is 0.0717. The predicted molar refractivity (Wildman–Crippen MR) is 127 cm³/mol. The van der Waals surface area contributed by atoms with E-state index in [-0.39, 0.29) is 34.2 Å². The van der Waals surface area contributed by atoms with Crippen LogP contribution in [0, 0.1) is 5.82 Å². The van der Waals surface area contributed by atoms with Crippen molar-refractivity contribution >= 4 is 46.6 Å². The molecule has 0 spiro atoms. The summed E-state index contributed by atoms with van der Waals surface area (Å²) in [5.41, 5.74) is 1.12. The van der Waals surface area contributed by atoms with Crippen LogP contribution < -0.4 is 9.47 Å². The van der Waals surface area contributed by atoms with Crippen molar-refractivity contribution in [3.05, 3.63) is 63.3 Å². The summed E-state index contributed by atoms with van der Waals surface area (Å²) in [6, 6.07) is 9.18. The van der Waals surface area contributed by atoms with E-state index in [2.05, 4.69) is 0 Å². The van der Waals surface area contributed by atoms with Gasteiger partial charge in [0.1, 0.15) is 19.0 Å². The fourth-order valence-corrected chi connectivity index (χ4v) is 4.19. The number of carbonyl (C=O) groups excluding carboxylic acids is 3. The highest BCUT2D eigenvalue weighted by atomic mass is 35.5. The first kappa shape index (κ1) is 25.6. The molecule has 1 heterocycles. The lowest BCUT2D eigenvalue weighted by Crippen LogP contribution is -2.35. The summed E-state index contributed by atoms with van der Waals surface area (Å²) in [5.74, 6) is -1.04. The molecule has 180 valence electrons. The van der Waals surface area contributed by atoms with Gasteiger partial charge in [0.25, 0.3) is 11.1 Å². The second-order valence-corrected chi connectivity index (χ2v) is 8.89. The Morgan fingerprint density at radius 2 is 1.97 bits per heavy atom. The molecule has 1 aliphatic heterocycles. The average molecular weight is 508 g/mol. The van der Waals surface area contributed by atoms with Gasteiger partial charge in [-0.1, -0.05) is 23.7 Å². The molecule has 2 aromatic rings. The van der Waals surface area contributed by atoms with E-state index in [4.69, 9.17) is 25.8 Å². The Kier molecular flexibility index (Phi) is 8.57. The minimum Gasteiger partial charge on any atom is -0.490 e. The van der Waals surface area contributed by atoms with Gasteiger partial charge in [0.05, 0.1) is 22.6 Å². The third kappa shape index (κ3) is 6.51. The van der Waals surface area contributed by atoms with Gasteiger partial charge >= 0.3 is 5.97 Å². The minimum atomic E-state index is -0.667. The number of hydrogen-bond donors (Lipinski definition) is 0. The van der Waals surface area contributed by atoms with E-state index in [0.717, 1.165) is 4.90 Å². The first-order valence-corrected chi connectivity index (χ1v) is 11.7. The SMILES string of the molecule is CCOc1cc(/C=C2/SC(=O)N(CC(=O)OC(C)C)C2=O)cc(Cl)c1OCc1cccc(F)c1. The molecule has 7 nitrogen and oxygen atoms in total. The monoisotopic (exact) mass is 507 g/mol. The van der Waals surface area contributed by atoms with Crippen molar-refractivity contribution in [1.82, 2.24) is 4.90 Å². The third-order valence-corrected chi connectivity index (χ3v) is 5.62. The topological polar surface area (TPSA) is 82.1 Å². The van der Waals surface area contributed by atoms with Gasteiger partial charge in [-0.2, -0.15) is 0 Å². The van der Waals surface area contributed by atoms with Crippen LogP contribution in [0.15, 0.2) is 41.3 Å². The molecule has 3 rings (SSSR count). The van der Waals surface area contributed by atoms with E-state index in [1.54, 1.807) is 45.0 Å². The van der Waals surface area contributed by atoms with Crippen molar-refractivity contribution in [1.29, 1.82) is 0 Å². The molecule has 0 radical (unpaired) electrons. The van der Waals surface area contributed by atoms with Crippen LogP contribution in [0.4, 0.5) is 9.18 Å². The fraction of sp³-hybridized carbons (Fsp3) is 0.292. The number of benzene rings is 2. The highest BCUT2D eigenvalue weighted by molar-refractivity contribution is 8.18. The summed E-state index contributed by atoms with van der Waals surface area (Å²) in [6.07, 6.45) is 1.13. The molecule has 0 bridgehead atoms. The van der Waals surface area contributed by atoms with Crippen molar-refractivity contribution in [2.45, 2.75) is 33.5 Å². The van der Waals surface area contributed by atoms with E-state index < -0.39 is 23.7 Å². The summed E-state index contributed by atoms with van der Waals surface area (Å²) in [5, 5.41) is -0.350. The Balaban J connectivity index is 1.81. The maximum absolute atomic E-state index is 13.4. The molecule has 2 aromatic carbocycles. The van der Waals surface area contributed by atoms with Gasteiger partial charge in [-0.15, -0.1) is 0 Å². The van der Waals surface area contributed by atoms with E-state index in [1.165, 1.54) is 18.2 Å². The largest absolute Gasteiger partial charge is 0.490 e. The van der Waals surface area contributed by atoms with Crippen molar-refractivity contribution in [2.24, 2.45) is 0 Å². The van der Waals surface area contributed by atoms with Crippen molar-refractivity contribution in [3.8, 4) is 11.5 Å². The summed E-state index contributed by atoms with van der Waals surface area (Å²) in [6.45, 7) is 5.08. The number of rotatable bonds is 9. The van der Waals surface area contributed by atoms with Crippen LogP contribution in [0.3, 0.4) is 0 Å². The lowest BCUT2D eigenvalue weighted by Gasteiger charge is -2.15. The molecule has 0 aliphatic carbocycles. The standard InChI is InChI=1S/C24H23ClFNO6S/c1-4-31-19-10-16(9-18(25)22(19)32-13-15-6-5-7-17(26)8-15)11-20-23(29)27(24(30)34-20)12-21(28)33-14(2)3/h5-11,14H,4,12-13H2,1-3H3/b20-11+. The van der Waals surface area contributed by atoms with Gasteiger partial charge < -0.3 is 14.2 Å². The molecule has 0 atom stereocenters. The summed E-state index contributed by atoms with van der Waals surface area (Å²) in [7, 11) is 0. The average Bonchev–Trinajstić information content (AvgIpc) is 3.00. The van der Waals surface area contributed by atoms with Gasteiger partial charge in [-0.3, -0.25) is 19.3 Å². The number of nitrogens with zero attached hydrogens (tertiary/aromatic N) is 1. The summed E-state index contributed by atoms with van der Waals surface area (Å²) >= 11 is 7.14. The highest BCUT2D eigenvalue weighted by Gasteiger charge is 2.36. The number of halogens is 2. The number of esters is 1. The third-order valence-electron chi connectivity index (χ3n) is 4.43. The summed E-state index contributed by atoms with van der Waals surface area (Å²) < 4.78 is 29.9. The number of ether oxygens (including phenoxy) is 3. The summed E-state index contributed by atoms with van der Waals surface area (Å²) in [4.78, 5) is 37.8. The molecule has 0 unspecified atom stereocenters. The van der Waals surface area contributed by atoms with Gasteiger partial charge in [0, 0.05) is 0 Å². The molecule has 1 fully saturated rings. The van der Waals surface area contributed by atoms with E-state index in [0.29, 0.717) is 35.2 Å². The van der Waals surface area contributed by atoms with Crippen LogP contribution in [-0.4, -0.2) is 41.3 Å². The fourth-order valence-electron chi connectivity index (χ4n) is 3.07. The maximum atomic E-state index is 13.4. The van der Waals surface area contributed by atoms with Crippen LogP contribution in [0.1, 0.15) is 31.9 Å². The number of hydrogen-bond acceptors (Lipinski definition) is 7. The van der Waals surface area contributed by atoms with Gasteiger partial charge in [-0.25, -0.2) is 4.39 Å². The Labute approximate surface area is 205 Å². The Morgan fingerprint density at radius 3 is 2.65 bits per heavy atom. The molecular weight excluding hydrogens is 485 g/mol. The molecular formula is C24H23ClFNO6S. The second-order valence-electron chi connectivity index (χ2n) is 7.49. The predicted octanol–water partition coefficient (Wildman–Crippen LogP) is 5.44. The molecule has 1 aliphatic rings. The van der Waals surface area contributed by atoms with Crippen LogP contribution in [-0.2, 0) is 20.9 Å². The van der Waals surface area contributed by atoms with Crippen molar-refractivity contribution in [2.75, 3.05) is 13.2 Å². The zero-order valence-electron chi connectivity index (χ0n) is 18.8. The van der Waals surface area contributed by atoms with E-state index in [9.17, 15) is 18.8 Å².